The second-order valence-corrected chi connectivity index (χ2v) is 11.1. The van der Waals surface area contributed by atoms with E-state index in [1.165, 1.54) is 0 Å². The van der Waals surface area contributed by atoms with Crippen molar-refractivity contribution in [1.29, 1.82) is 0 Å². The van der Waals surface area contributed by atoms with Gasteiger partial charge in [-0.05, 0) is 32.0 Å². The molecule has 1 aliphatic rings. The summed E-state index contributed by atoms with van der Waals surface area (Å²) in [6, 6.07) is 0. The van der Waals surface area contributed by atoms with E-state index >= 15 is 0 Å². The predicted octanol–water partition coefficient (Wildman–Crippen LogP) is 3.19. The van der Waals surface area contributed by atoms with Gasteiger partial charge in [-0.15, -0.1) is 0 Å². The maximum Gasteiger partial charge on any atom is 0.192 e. The molecule has 1 fully saturated rings. The van der Waals surface area contributed by atoms with Gasteiger partial charge in [0.2, 0.25) is 0 Å². The molecule has 0 spiro atoms. The molecular formula is C11H24O2Si. The first-order valence-corrected chi connectivity index (χ1v) is 8.29. The second kappa shape index (κ2) is 3.32. The molecule has 0 amide bonds. The minimum atomic E-state index is -1.57. The zero-order valence-electron chi connectivity index (χ0n) is 10.6. The smallest absolute Gasteiger partial charge is 0.192 e. The SMILES string of the molecule is CC1(C)OC1CO[Si](C)(C)C(C)(C)C. The lowest BCUT2D eigenvalue weighted by molar-refractivity contribution is 0.238. The van der Waals surface area contributed by atoms with E-state index in [0.29, 0.717) is 11.1 Å². The van der Waals surface area contributed by atoms with Crippen molar-refractivity contribution in [1.82, 2.24) is 0 Å². The van der Waals surface area contributed by atoms with Gasteiger partial charge < -0.3 is 9.16 Å². The third kappa shape index (κ3) is 2.58. The molecule has 3 heteroatoms. The Kier molecular flexibility index (Phi) is 2.90. The van der Waals surface area contributed by atoms with Crippen molar-refractivity contribution in [2.75, 3.05) is 6.61 Å². The van der Waals surface area contributed by atoms with Gasteiger partial charge in [0.1, 0.15) is 6.10 Å². The van der Waals surface area contributed by atoms with E-state index in [1.54, 1.807) is 0 Å². The summed E-state index contributed by atoms with van der Waals surface area (Å²) in [4.78, 5) is 0. The molecule has 1 rings (SSSR count). The Labute approximate surface area is 89.1 Å². The third-order valence-electron chi connectivity index (χ3n) is 3.57. The predicted molar refractivity (Wildman–Crippen MR) is 62.1 cm³/mol. The lowest BCUT2D eigenvalue weighted by atomic mass is 10.1. The maximum atomic E-state index is 6.07. The number of hydrogen-bond acceptors (Lipinski definition) is 2. The van der Waals surface area contributed by atoms with Gasteiger partial charge in [-0.1, -0.05) is 20.8 Å². The quantitative estimate of drug-likeness (QED) is 0.534. The highest BCUT2D eigenvalue weighted by molar-refractivity contribution is 6.74. The van der Waals surface area contributed by atoms with E-state index in [1.807, 2.05) is 0 Å². The average Bonchev–Trinajstić information content (AvgIpc) is 2.53. The fraction of sp³-hybridized carbons (Fsp3) is 1.00. The summed E-state index contributed by atoms with van der Waals surface area (Å²) in [5, 5.41) is 0.298. The molecule has 1 heterocycles. The minimum absolute atomic E-state index is 0.0579. The summed E-state index contributed by atoms with van der Waals surface area (Å²) in [6.07, 6.45) is 0.316. The first-order valence-electron chi connectivity index (χ1n) is 5.38. The lowest BCUT2D eigenvalue weighted by Crippen LogP contribution is -2.42. The molecule has 0 aromatic carbocycles. The molecule has 0 N–H and O–H groups in total. The fourth-order valence-corrected chi connectivity index (χ4v) is 2.07. The molecule has 2 nitrogen and oxygen atoms in total. The molecule has 1 aliphatic heterocycles. The van der Waals surface area contributed by atoms with Crippen LogP contribution in [0.15, 0.2) is 0 Å². The van der Waals surface area contributed by atoms with Gasteiger partial charge in [-0.25, -0.2) is 0 Å². The van der Waals surface area contributed by atoms with Gasteiger partial charge in [0.15, 0.2) is 8.32 Å². The van der Waals surface area contributed by atoms with Crippen LogP contribution in [0, 0.1) is 0 Å². The molecule has 0 saturated carbocycles. The zero-order chi connectivity index (χ0) is 11.2. The Hall–Kier alpha value is 0.137. The summed E-state index contributed by atoms with van der Waals surface area (Å²) in [5.41, 5.74) is 0.0579. The normalized spacial score (nSPS) is 26.4. The molecule has 14 heavy (non-hydrogen) atoms. The Bertz CT molecular complexity index is 216. The van der Waals surface area contributed by atoms with Gasteiger partial charge in [0, 0.05) is 0 Å². The molecule has 1 atom stereocenters. The molecule has 0 bridgehead atoms. The topological polar surface area (TPSA) is 21.8 Å². The summed E-state index contributed by atoms with van der Waals surface area (Å²) in [6.45, 7) is 16.3. The number of rotatable bonds is 3. The molecule has 0 aromatic heterocycles. The summed E-state index contributed by atoms with van der Waals surface area (Å²) < 4.78 is 11.6. The number of ether oxygens (including phenoxy) is 1. The van der Waals surface area contributed by atoms with Crippen LogP contribution >= 0.6 is 0 Å². The van der Waals surface area contributed by atoms with Crippen LogP contribution in [0.5, 0.6) is 0 Å². The van der Waals surface area contributed by atoms with Crippen molar-refractivity contribution in [2.24, 2.45) is 0 Å². The van der Waals surface area contributed by atoms with Gasteiger partial charge >= 0.3 is 0 Å². The standard InChI is InChI=1S/C11H24O2Si/c1-10(2,3)14(6,7)12-8-9-11(4,5)13-9/h9H,8H2,1-7H3. The second-order valence-electron chi connectivity index (χ2n) is 6.28. The first-order chi connectivity index (χ1) is 6.06. The van der Waals surface area contributed by atoms with Crippen molar-refractivity contribution in [2.45, 2.75) is 64.5 Å². The van der Waals surface area contributed by atoms with Gasteiger partial charge in [-0.3, -0.25) is 0 Å². The first kappa shape index (κ1) is 12.2. The largest absolute Gasteiger partial charge is 0.414 e. The van der Waals surface area contributed by atoms with E-state index < -0.39 is 8.32 Å². The van der Waals surface area contributed by atoms with Crippen molar-refractivity contribution >= 4 is 8.32 Å². The Morgan fingerprint density at radius 3 is 2.00 bits per heavy atom. The average molecular weight is 216 g/mol. The van der Waals surface area contributed by atoms with Crippen LogP contribution in [-0.4, -0.2) is 26.6 Å². The zero-order valence-corrected chi connectivity index (χ0v) is 11.6. The highest BCUT2D eigenvalue weighted by atomic mass is 28.4. The number of epoxide rings is 1. The van der Waals surface area contributed by atoms with Crippen LogP contribution in [0.25, 0.3) is 0 Å². The van der Waals surface area contributed by atoms with Crippen molar-refractivity contribution in [3.63, 3.8) is 0 Å². The van der Waals surface area contributed by atoms with E-state index in [2.05, 4.69) is 47.7 Å². The Balaban J connectivity index is 2.38. The summed E-state index contributed by atoms with van der Waals surface area (Å²) in [5.74, 6) is 0. The van der Waals surface area contributed by atoms with Gasteiger partial charge in [0.05, 0.1) is 12.2 Å². The van der Waals surface area contributed by atoms with Crippen molar-refractivity contribution in [3.05, 3.63) is 0 Å². The molecule has 0 aromatic rings. The molecule has 0 radical (unpaired) electrons. The highest BCUT2D eigenvalue weighted by Crippen LogP contribution is 2.40. The molecular weight excluding hydrogens is 192 g/mol. The summed E-state index contributed by atoms with van der Waals surface area (Å²) in [7, 11) is -1.57. The van der Waals surface area contributed by atoms with Gasteiger partial charge in [0.25, 0.3) is 0 Å². The third-order valence-corrected chi connectivity index (χ3v) is 8.07. The Morgan fingerprint density at radius 1 is 1.29 bits per heavy atom. The van der Waals surface area contributed by atoms with Crippen LogP contribution < -0.4 is 0 Å². The van der Waals surface area contributed by atoms with Crippen molar-refractivity contribution < 1.29 is 9.16 Å². The van der Waals surface area contributed by atoms with Crippen LogP contribution in [0.4, 0.5) is 0 Å². The van der Waals surface area contributed by atoms with E-state index in [0.717, 1.165) is 6.61 Å². The molecule has 0 aliphatic carbocycles. The van der Waals surface area contributed by atoms with Crippen LogP contribution in [-0.2, 0) is 9.16 Å². The van der Waals surface area contributed by atoms with Crippen LogP contribution in [0.1, 0.15) is 34.6 Å². The maximum absolute atomic E-state index is 6.07. The highest BCUT2D eigenvalue weighted by Gasteiger charge is 2.49. The Morgan fingerprint density at radius 2 is 1.71 bits per heavy atom. The van der Waals surface area contributed by atoms with Crippen molar-refractivity contribution in [3.8, 4) is 0 Å². The molecule has 84 valence electrons. The van der Waals surface area contributed by atoms with E-state index in [9.17, 15) is 0 Å². The van der Waals surface area contributed by atoms with E-state index in [4.69, 9.17) is 9.16 Å². The molecule has 1 saturated heterocycles. The lowest BCUT2D eigenvalue weighted by Gasteiger charge is -2.36. The van der Waals surface area contributed by atoms with Gasteiger partial charge in [-0.2, -0.15) is 0 Å². The minimum Gasteiger partial charge on any atom is -0.414 e. The fourth-order valence-electron chi connectivity index (χ4n) is 1.07. The van der Waals surface area contributed by atoms with Crippen LogP contribution in [0.3, 0.4) is 0 Å². The summed E-state index contributed by atoms with van der Waals surface area (Å²) >= 11 is 0. The monoisotopic (exact) mass is 216 g/mol. The van der Waals surface area contributed by atoms with E-state index in [-0.39, 0.29) is 5.60 Å². The molecule has 1 unspecified atom stereocenters. The number of hydrogen-bond donors (Lipinski definition) is 0. The van der Waals surface area contributed by atoms with Crippen LogP contribution in [0.2, 0.25) is 18.1 Å².